The highest BCUT2D eigenvalue weighted by Gasteiger charge is 2.34. The molecule has 2 unspecified atom stereocenters. The Kier molecular flexibility index (Phi) is 6.94. The Morgan fingerprint density at radius 2 is 1.66 bits per heavy atom. The summed E-state index contributed by atoms with van der Waals surface area (Å²) in [5.74, 6) is 0.419. The molecule has 182 valence electrons. The summed E-state index contributed by atoms with van der Waals surface area (Å²) in [7, 11) is 6.61. The molecular formula is C23H27N9O3. The summed E-state index contributed by atoms with van der Waals surface area (Å²) >= 11 is 0. The van der Waals surface area contributed by atoms with Crippen molar-refractivity contribution in [3.8, 4) is 11.5 Å². The van der Waals surface area contributed by atoms with Gasteiger partial charge in [0.1, 0.15) is 23.9 Å². The van der Waals surface area contributed by atoms with E-state index in [-0.39, 0.29) is 24.1 Å². The van der Waals surface area contributed by atoms with E-state index < -0.39 is 0 Å². The van der Waals surface area contributed by atoms with Gasteiger partial charge in [0.2, 0.25) is 11.6 Å². The summed E-state index contributed by atoms with van der Waals surface area (Å²) in [5, 5.41) is 12.9. The van der Waals surface area contributed by atoms with Crippen LogP contribution in [0.3, 0.4) is 0 Å². The van der Waals surface area contributed by atoms with Gasteiger partial charge in [-0.1, -0.05) is 0 Å². The maximum absolute atomic E-state index is 12.9. The predicted octanol–water partition coefficient (Wildman–Crippen LogP) is 1.95. The van der Waals surface area contributed by atoms with Crippen molar-refractivity contribution in [1.29, 1.82) is 0 Å². The lowest BCUT2D eigenvalue weighted by molar-refractivity contribution is -0.121. The molecule has 3 heterocycles. The van der Waals surface area contributed by atoms with Crippen molar-refractivity contribution in [2.45, 2.75) is 26.3 Å². The minimum Gasteiger partial charge on any atom is -0.362 e. The molecule has 0 aliphatic carbocycles. The van der Waals surface area contributed by atoms with Crippen molar-refractivity contribution in [3.05, 3.63) is 48.7 Å². The van der Waals surface area contributed by atoms with Gasteiger partial charge in [0.05, 0.1) is 11.9 Å². The second-order valence-electron chi connectivity index (χ2n) is 7.95. The van der Waals surface area contributed by atoms with Crippen molar-refractivity contribution >= 4 is 28.7 Å². The number of aliphatic imine (C=N–C) groups is 1. The van der Waals surface area contributed by atoms with Crippen LogP contribution >= 0.6 is 0 Å². The van der Waals surface area contributed by atoms with Crippen LogP contribution in [0.5, 0.6) is 0 Å². The van der Waals surface area contributed by atoms with Crippen molar-refractivity contribution in [2.24, 2.45) is 10.1 Å². The topological polar surface area (TPSA) is 123 Å². The zero-order chi connectivity index (χ0) is 25.1. The number of anilines is 1. The van der Waals surface area contributed by atoms with Crippen LogP contribution in [-0.4, -0.2) is 87.8 Å². The third kappa shape index (κ3) is 4.66. The Balaban J connectivity index is 1.74. The van der Waals surface area contributed by atoms with Crippen LogP contribution in [0.4, 0.5) is 11.4 Å². The van der Waals surface area contributed by atoms with Gasteiger partial charge < -0.3 is 19.3 Å². The summed E-state index contributed by atoms with van der Waals surface area (Å²) in [6.07, 6.45) is 4.27. The fourth-order valence-electron chi connectivity index (χ4n) is 3.58. The zero-order valence-corrected chi connectivity index (χ0v) is 20.4. The second kappa shape index (κ2) is 10.1. The van der Waals surface area contributed by atoms with E-state index in [0.717, 1.165) is 5.69 Å². The highest BCUT2D eigenvalue weighted by molar-refractivity contribution is 6.70. The molecule has 1 amide bonds. The van der Waals surface area contributed by atoms with Crippen LogP contribution in [0.25, 0.3) is 11.5 Å². The lowest BCUT2D eigenvalue weighted by Gasteiger charge is -2.34. The number of ether oxygens (including phenoxy) is 2. The van der Waals surface area contributed by atoms with E-state index in [1.807, 2.05) is 43.0 Å². The van der Waals surface area contributed by atoms with Gasteiger partial charge in [0, 0.05) is 46.4 Å². The van der Waals surface area contributed by atoms with E-state index in [1.165, 1.54) is 9.58 Å². The van der Waals surface area contributed by atoms with E-state index >= 15 is 0 Å². The molecule has 1 aliphatic heterocycles. The Bertz CT molecular complexity index is 1240. The molecule has 0 fully saturated rings. The minimum atomic E-state index is -0.301. The Morgan fingerprint density at radius 1 is 1.00 bits per heavy atom. The van der Waals surface area contributed by atoms with E-state index in [9.17, 15) is 4.79 Å². The third-order valence-corrected chi connectivity index (χ3v) is 5.53. The molecule has 4 rings (SSSR count). The van der Waals surface area contributed by atoms with Gasteiger partial charge in [0.25, 0.3) is 5.91 Å². The maximum Gasteiger partial charge on any atom is 0.276 e. The minimum absolute atomic E-state index is 0.164. The van der Waals surface area contributed by atoms with Crippen LogP contribution in [0.1, 0.15) is 19.7 Å². The number of amides is 1. The summed E-state index contributed by atoms with van der Waals surface area (Å²) in [4.78, 5) is 29.4. The van der Waals surface area contributed by atoms with Crippen LogP contribution in [0.15, 0.2) is 52.9 Å². The summed E-state index contributed by atoms with van der Waals surface area (Å²) in [6, 6.07) is 7.53. The van der Waals surface area contributed by atoms with Gasteiger partial charge in [-0.05, 0) is 38.1 Å². The summed E-state index contributed by atoms with van der Waals surface area (Å²) in [5.41, 5.74) is 2.49. The molecule has 1 aliphatic rings. The Morgan fingerprint density at radius 3 is 2.23 bits per heavy atom. The molecule has 3 aromatic rings. The highest BCUT2D eigenvalue weighted by atomic mass is 16.5. The fourth-order valence-corrected chi connectivity index (χ4v) is 3.58. The smallest absolute Gasteiger partial charge is 0.276 e. The average Bonchev–Trinajstić information content (AvgIpc) is 3.45. The first-order chi connectivity index (χ1) is 16.8. The molecule has 0 radical (unpaired) electrons. The van der Waals surface area contributed by atoms with Gasteiger partial charge in [0.15, 0.2) is 5.71 Å². The Hall–Kier alpha value is -4.03. The number of fused-ring (bicyclic) bond motifs is 1. The lowest BCUT2D eigenvalue weighted by atomic mass is 10.2. The standard InChI is InChI=1S/C23H27N9O3/c1-14(34-5)31(15(2)35-6)17-9-7-16(8-10-17)26-19-20(23(33)30(3)4)29-32-21(27-28-22(19)32)18-13-24-11-12-25-18/h7-15H,1-6H3. The highest BCUT2D eigenvalue weighted by Crippen LogP contribution is 2.27. The second-order valence-corrected chi connectivity index (χ2v) is 7.95. The van der Waals surface area contributed by atoms with Crippen LogP contribution in [0, 0.1) is 0 Å². The van der Waals surface area contributed by atoms with E-state index in [4.69, 9.17) is 14.5 Å². The van der Waals surface area contributed by atoms with Crippen molar-refractivity contribution in [3.63, 3.8) is 0 Å². The molecule has 12 nitrogen and oxygen atoms in total. The molecule has 0 saturated carbocycles. The quantitative estimate of drug-likeness (QED) is 0.451. The van der Waals surface area contributed by atoms with Gasteiger partial charge in [-0.15, -0.1) is 10.2 Å². The number of rotatable bonds is 8. The first kappa shape index (κ1) is 24.1. The number of carbonyl (C=O) groups is 1. The maximum atomic E-state index is 12.9. The van der Waals surface area contributed by atoms with Gasteiger partial charge in [-0.2, -0.15) is 9.78 Å². The monoisotopic (exact) mass is 477 g/mol. The van der Waals surface area contributed by atoms with Crippen LogP contribution in [-0.2, 0) is 14.3 Å². The van der Waals surface area contributed by atoms with Crippen molar-refractivity contribution < 1.29 is 14.3 Å². The first-order valence-corrected chi connectivity index (χ1v) is 10.9. The van der Waals surface area contributed by atoms with Crippen molar-refractivity contribution in [2.75, 3.05) is 33.2 Å². The SMILES string of the molecule is COC(C)N(c1ccc(N=C2C(C(=O)N(C)C)=Nn3c2nnc3-c2cnccn2)cc1)C(C)OC. The van der Waals surface area contributed by atoms with E-state index in [0.29, 0.717) is 28.7 Å². The number of aromatic nitrogens is 5. The normalized spacial score (nSPS) is 15.5. The van der Waals surface area contributed by atoms with Crippen LogP contribution in [0.2, 0.25) is 0 Å². The number of benzene rings is 1. The first-order valence-electron chi connectivity index (χ1n) is 10.9. The molecule has 2 aromatic heterocycles. The van der Waals surface area contributed by atoms with Gasteiger partial charge in [-0.25, -0.2) is 9.98 Å². The van der Waals surface area contributed by atoms with E-state index in [1.54, 1.807) is 46.9 Å². The largest absolute Gasteiger partial charge is 0.362 e. The molecule has 12 heteroatoms. The molecule has 0 N–H and O–H groups in total. The van der Waals surface area contributed by atoms with E-state index in [2.05, 4.69) is 25.3 Å². The molecule has 35 heavy (non-hydrogen) atoms. The molecule has 0 bridgehead atoms. The number of nitrogens with zero attached hydrogens (tertiary/aromatic N) is 9. The summed E-state index contributed by atoms with van der Waals surface area (Å²) < 4.78 is 12.5. The molecule has 2 atom stereocenters. The Labute approximate surface area is 202 Å². The number of hydrogen-bond donors (Lipinski definition) is 0. The zero-order valence-electron chi connectivity index (χ0n) is 20.4. The molecule has 0 spiro atoms. The number of carbonyl (C=O) groups excluding carboxylic acids is 1. The van der Waals surface area contributed by atoms with Crippen molar-refractivity contribution in [1.82, 2.24) is 29.7 Å². The molecule has 1 aromatic carbocycles. The summed E-state index contributed by atoms with van der Waals surface area (Å²) in [6.45, 7) is 3.89. The lowest BCUT2D eigenvalue weighted by Crippen LogP contribution is -2.42. The fraction of sp³-hybridized carbons (Fsp3) is 0.348. The predicted molar refractivity (Wildman–Crippen MR) is 131 cm³/mol. The molecule has 0 saturated heterocycles. The molecular weight excluding hydrogens is 450 g/mol. The van der Waals surface area contributed by atoms with Gasteiger partial charge >= 0.3 is 0 Å². The number of methoxy groups -OCH3 is 2. The van der Waals surface area contributed by atoms with Gasteiger partial charge in [-0.3, -0.25) is 9.78 Å². The average molecular weight is 478 g/mol. The number of hydrogen-bond acceptors (Lipinski definition) is 10. The van der Waals surface area contributed by atoms with Crippen LogP contribution < -0.4 is 4.90 Å². The third-order valence-electron chi connectivity index (χ3n) is 5.53.